The van der Waals surface area contributed by atoms with Gasteiger partial charge in [0.2, 0.25) is 0 Å². The van der Waals surface area contributed by atoms with Crippen LogP contribution in [0.15, 0.2) is 0 Å². The molecule has 0 aliphatic heterocycles. The van der Waals surface area contributed by atoms with Gasteiger partial charge < -0.3 is 4.43 Å². The summed E-state index contributed by atoms with van der Waals surface area (Å²) in [5.74, 6) is 0.597. The van der Waals surface area contributed by atoms with E-state index >= 15 is 0 Å². The quantitative estimate of drug-likeness (QED) is 0.508. The van der Waals surface area contributed by atoms with Gasteiger partial charge in [0, 0.05) is 0 Å². The van der Waals surface area contributed by atoms with Crippen LogP contribution in [-0.2, 0) is 4.43 Å². The lowest BCUT2D eigenvalue weighted by Crippen LogP contribution is -2.29. The Kier molecular flexibility index (Phi) is 2.70. The third-order valence-corrected chi connectivity index (χ3v) is 2.51. The van der Waals surface area contributed by atoms with E-state index in [0.717, 1.165) is 0 Å². The van der Waals surface area contributed by atoms with Crippen LogP contribution < -0.4 is 0 Å². The molecule has 0 atom stereocenters. The van der Waals surface area contributed by atoms with E-state index in [9.17, 15) is 0 Å². The molecule has 1 radical (unpaired) electrons. The van der Waals surface area contributed by atoms with Crippen molar-refractivity contribution < 1.29 is 4.43 Å². The maximum absolute atomic E-state index is 5.23. The fourth-order valence-electron chi connectivity index (χ4n) is 0.167. The molecule has 0 aromatic carbocycles. The molecule has 0 heterocycles. The van der Waals surface area contributed by atoms with Gasteiger partial charge in [-0.3, -0.25) is 0 Å². The average Bonchev–Trinajstić information content (AvgIpc) is 1.67. The molecular weight excluding hydrogens is 116 g/mol. The first kappa shape index (κ1) is 8.18. The van der Waals surface area contributed by atoms with Crippen LogP contribution in [0.4, 0.5) is 0 Å². The van der Waals surface area contributed by atoms with Gasteiger partial charge in [-0.15, -0.1) is 0 Å². The number of rotatable bonds is 2. The summed E-state index contributed by atoms with van der Waals surface area (Å²) in [6.45, 7) is 8.53. The van der Waals surface area contributed by atoms with Crippen molar-refractivity contribution in [3.8, 4) is 0 Å². The molecule has 0 aromatic heterocycles. The van der Waals surface area contributed by atoms with Crippen molar-refractivity contribution in [2.45, 2.75) is 33.3 Å². The molecule has 0 saturated heterocycles. The minimum Gasteiger partial charge on any atom is -0.420 e. The summed E-state index contributed by atoms with van der Waals surface area (Å²) in [4.78, 5) is 0. The Hall–Kier alpha value is 0.177. The third-order valence-electron chi connectivity index (χ3n) is 1.76. The molecule has 1 nitrogen and oxygen atoms in total. The van der Waals surface area contributed by atoms with Crippen LogP contribution in [0.2, 0.25) is 0 Å². The fourth-order valence-corrected chi connectivity index (χ4v) is 0.500. The van der Waals surface area contributed by atoms with Gasteiger partial charge in [0.25, 0.3) is 0 Å². The SMILES string of the molecule is CC(C)C(C)(C)O[SiH2]. The first-order valence-electron chi connectivity index (χ1n) is 2.94. The molecule has 2 heteroatoms. The van der Waals surface area contributed by atoms with Crippen molar-refractivity contribution in [3.05, 3.63) is 0 Å². The zero-order valence-corrected chi connectivity index (χ0v) is 7.61. The smallest absolute Gasteiger partial charge is 0.175 e. The van der Waals surface area contributed by atoms with Crippen molar-refractivity contribution in [3.63, 3.8) is 0 Å². The summed E-state index contributed by atoms with van der Waals surface area (Å²) in [6, 6.07) is 0. The van der Waals surface area contributed by atoms with Crippen molar-refractivity contribution in [2.24, 2.45) is 5.92 Å². The first-order valence-corrected chi connectivity index (χ1v) is 3.51. The van der Waals surface area contributed by atoms with Gasteiger partial charge in [-0.05, 0) is 19.8 Å². The first-order chi connectivity index (χ1) is 3.50. The lowest BCUT2D eigenvalue weighted by Gasteiger charge is -2.27. The maximum Gasteiger partial charge on any atom is 0.175 e. The topological polar surface area (TPSA) is 9.23 Å². The molecule has 0 saturated carbocycles. The third kappa shape index (κ3) is 1.97. The Balaban J connectivity index is 3.71. The minimum absolute atomic E-state index is 0.0540. The highest BCUT2D eigenvalue weighted by Crippen LogP contribution is 2.17. The molecule has 0 spiro atoms. The predicted molar refractivity (Wildman–Crippen MR) is 38.5 cm³/mol. The Morgan fingerprint density at radius 2 is 1.75 bits per heavy atom. The Bertz CT molecular complexity index is 68.9. The molecule has 0 rings (SSSR count). The Morgan fingerprint density at radius 1 is 1.38 bits per heavy atom. The van der Waals surface area contributed by atoms with Gasteiger partial charge in [0.05, 0.1) is 5.60 Å². The average molecular weight is 131 g/mol. The molecule has 0 aliphatic carbocycles. The molecule has 0 aliphatic rings. The van der Waals surface area contributed by atoms with E-state index in [4.69, 9.17) is 4.43 Å². The van der Waals surface area contributed by atoms with E-state index in [1.54, 1.807) is 10.5 Å². The molecule has 49 valence electrons. The zero-order valence-electron chi connectivity index (χ0n) is 6.19. The molecule has 8 heavy (non-hydrogen) atoms. The normalized spacial score (nSPS) is 12.8. The second kappa shape index (κ2) is 2.64. The van der Waals surface area contributed by atoms with Crippen molar-refractivity contribution >= 4 is 10.5 Å². The van der Waals surface area contributed by atoms with Crippen LogP contribution in [-0.4, -0.2) is 16.1 Å². The van der Waals surface area contributed by atoms with Gasteiger partial charge in [-0.1, -0.05) is 13.8 Å². The van der Waals surface area contributed by atoms with Crippen LogP contribution in [0, 0.1) is 5.92 Å². The van der Waals surface area contributed by atoms with E-state index < -0.39 is 0 Å². The van der Waals surface area contributed by atoms with Gasteiger partial charge in [0.15, 0.2) is 10.5 Å². The predicted octanol–water partition coefficient (Wildman–Crippen LogP) is 0.986. The Labute approximate surface area is 55.0 Å². The van der Waals surface area contributed by atoms with Crippen LogP contribution in [0.1, 0.15) is 27.7 Å². The van der Waals surface area contributed by atoms with Gasteiger partial charge in [-0.2, -0.15) is 0 Å². The summed E-state index contributed by atoms with van der Waals surface area (Å²) in [6.07, 6.45) is 0. The van der Waals surface area contributed by atoms with Crippen LogP contribution in [0.3, 0.4) is 0 Å². The van der Waals surface area contributed by atoms with Gasteiger partial charge >= 0.3 is 0 Å². The summed E-state index contributed by atoms with van der Waals surface area (Å²) < 4.78 is 5.23. The van der Waals surface area contributed by atoms with E-state index in [1.807, 2.05) is 0 Å². The van der Waals surface area contributed by atoms with Crippen molar-refractivity contribution in [2.75, 3.05) is 0 Å². The molecule has 0 amide bonds. The van der Waals surface area contributed by atoms with Crippen LogP contribution in [0.5, 0.6) is 0 Å². The highest BCUT2D eigenvalue weighted by atomic mass is 28.2. The molecule has 0 bridgehead atoms. The second-order valence-electron chi connectivity index (χ2n) is 2.90. The number of hydrogen-bond donors (Lipinski definition) is 0. The molecular formula is C6H15OSi. The fraction of sp³-hybridized carbons (Fsp3) is 1.00. The highest BCUT2D eigenvalue weighted by molar-refractivity contribution is 5.98. The summed E-state index contributed by atoms with van der Waals surface area (Å²) in [5.41, 5.74) is 0.0540. The van der Waals surface area contributed by atoms with Crippen molar-refractivity contribution in [1.82, 2.24) is 0 Å². The summed E-state index contributed by atoms with van der Waals surface area (Å²) in [5, 5.41) is 0. The Morgan fingerprint density at radius 3 is 1.75 bits per heavy atom. The number of hydrogen-bond acceptors (Lipinski definition) is 1. The van der Waals surface area contributed by atoms with E-state index in [1.165, 1.54) is 0 Å². The monoisotopic (exact) mass is 131 g/mol. The summed E-state index contributed by atoms with van der Waals surface area (Å²) >= 11 is 0. The standard InChI is InChI=1S/C6H15OSi/c1-5(2)6(3,4)7-8/h5H,8H2,1-4H3. The molecule has 0 fully saturated rings. The zero-order chi connectivity index (χ0) is 6.78. The van der Waals surface area contributed by atoms with Crippen LogP contribution in [0.25, 0.3) is 0 Å². The molecule has 0 unspecified atom stereocenters. The van der Waals surface area contributed by atoms with Gasteiger partial charge in [0.1, 0.15) is 0 Å². The largest absolute Gasteiger partial charge is 0.420 e. The summed E-state index contributed by atoms with van der Waals surface area (Å²) in [7, 11) is 1.57. The maximum atomic E-state index is 5.23. The van der Waals surface area contributed by atoms with E-state index in [2.05, 4.69) is 27.7 Å². The highest BCUT2D eigenvalue weighted by Gasteiger charge is 2.19. The molecule has 0 N–H and O–H groups in total. The lowest BCUT2D eigenvalue weighted by molar-refractivity contribution is 0.0707. The van der Waals surface area contributed by atoms with Crippen molar-refractivity contribution in [1.29, 1.82) is 0 Å². The van der Waals surface area contributed by atoms with E-state index in [0.29, 0.717) is 5.92 Å². The van der Waals surface area contributed by atoms with E-state index in [-0.39, 0.29) is 5.60 Å². The van der Waals surface area contributed by atoms with Crippen LogP contribution >= 0.6 is 0 Å². The second-order valence-corrected chi connectivity index (χ2v) is 3.19. The molecule has 0 aromatic rings. The minimum atomic E-state index is 0.0540. The lowest BCUT2D eigenvalue weighted by atomic mass is 9.95. The van der Waals surface area contributed by atoms with Gasteiger partial charge in [-0.25, -0.2) is 0 Å².